The van der Waals surface area contributed by atoms with E-state index < -0.39 is 5.97 Å². The smallest absolute Gasteiger partial charge is 0.335 e. The second kappa shape index (κ2) is 5.61. The molecule has 1 aromatic rings. The summed E-state index contributed by atoms with van der Waals surface area (Å²) in [4.78, 5) is 15.6. The summed E-state index contributed by atoms with van der Waals surface area (Å²) in [5.41, 5.74) is 1.13. The highest BCUT2D eigenvalue weighted by Crippen LogP contribution is 2.23. The van der Waals surface area contributed by atoms with Crippen LogP contribution < -0.4 is 5.32 Å². The van der Waals surface area contributed by atoms with E-state index >= 15 is 0 Å². The lowest BCUT2D eigenvalue weighted by molar-refractivity contribution is 0.0696. The molecule has 0 bridgehead atoms. The van der Waals surface area contributed by atoms with Gasteiger partial charge < -0.3 is 10.4 Å². The van der Waals surface area contributed by atoms with E-state index in [0.29, 0.717) is 17.4 Å². The Kier molecular flexibility index (Phi) is 4.11. The van der Waals surface area contributed by atoms with Gasteiger partial charge in [0.15, 0.2) is 0 Å². The highest BCUT2D eigenvalue weighted by molar-refractivity contribution is 7.99. The van der Waals surface area contributed by atoms with E-state index in [4.69, 9.17) is 5.11 Å². The van der Waals surface area contributed by atoms with E-state index in [1.54, 1.807) is 12.1 Å². The molecular weight excluding hydrogens is 248 g/mol. The minimum atomic E-state index is -0.900. The van der Waals surface area contributed by atoms with Crippen molar-refractivity contribution in [2.24, 2.45) is 0 Å². The third kappa shape index (κ3) is 3.16. The van der Waals surface area contributed by atoms with E-state index in [1.807, 2.05) is 25.6 Å². The first-order valence-corrected chi connectivity index (χ1v) is 7.31. The predicted octanol–water partition coefficient (Wildman–Crippen LogP) is 2.82. The van der Waals surface area contributed by atoms with Gasteiger partial charge in [-0.05, 0) is 30.2 Å². The van der Waals surface area contributed by atoms with Crippen molar-refractivity contribution in [2.45, 2.75) is 32.2 Å². The molecule has 0 aliphatic carbocycles. The van der Waals surface area contributed by atoms with Crippen molar-refractivity contribution in [1.29, 1.82) is 0 Å². The third-order valence-corrected chi connectivity index (χ3v) is 4.13. The molecule has 1 aliphatic heterocycles. The molecule has 18 heavy (non-hydrogen) atoms. The molecule has 5 heteroatoms. The van der Waals surface area contributed by atoms with Crippen LogP contribution in [0.1, 0.15) is 42.2 Å². The monoisotopic (exact) mass is 266 g/mol. The summed E-state index contributed by atoms with van der Waals surface area (Å²) >= 11 is 1.92. The number of rotatable bonds is 4. The van der Waals surface area contributed by atoms with Crippen LogP contribution in [-0.2, 0) is 0 Å². The number of aromatic nitrogens is 1. The van der Waals surface area contributed by atoms with E-state index in [-0.39, 0.29) is 5.92 Å². The Morgan fingerprint density at radius 1 is 1.56 bits per heavy atom. The van der Waals surface area contributed by atoms with E-state index in [1.165, 1.54) is 0 Å². The number of carboxylic acids is 1. The Bertz CT molecular complexity index is 443. The second-order valence-corrected chi connectivity index (χ2v) is 5.98. The van der Waals surface area contributed by atoms with Gasteiger partial charge >= 0.3 is 5.97 Å². The Balaban J connectivity index is 2.24. The van der Waals surface area contributed by atoms with Crippen LogP contribution in [0.4, 0.5) is 5.82 Å². The first-order valence-electron chi connectivity index (χ1n) is 6.16. The van der Waals surface area contributed by atoms with E-state index in [0.717, 1.165) is 23.6 Å². The van der Waals surface area contributed by atoms with Gasteiger partial charge in [-0.1, -0.05) is 13.8 Å². The van der Waals surface area contributed by atoms with Gasteiger partial charge in [-0.3, -0.25) is 0 Å². The predicted molar refractivity (Wildman–Crippen MR) is 74.6 cm³/mol. The summed E-state index contributed by atoms with van der Waals surface area (Å²) in [6.45, 7) is 4.03. The number of nitrogens with one attached hydrogen (secondary N) is 1. The lowest BCUT2D eigenvalue weighted by atomic mass is 10.1. The molecule has 1 unspecified atom stereocenters. The molecule has 1 aromatic heterocycles. The van der Waals surface area contributed by atoms with Crippen molar-refractivity contribution in [3.05, 3.63) is 23.4 Å². The summed E-state index contributed by atoms with van der Waals surface area (Å²) in [6.07, 6.45) is 1.11. The topological polar surface area (TPSA) is 62.2 Å². The van der Waals surface area contributed by atoms with Gasteiger partial charge in [0.05, 0.1) is 5.56 Å². The fourth-order valence-corrected chi connectivity index (χ4v) is 3.05. The number of nitrogens with zero attached hydrogens (tertiary/aromatic N) is 1. The second-order valence-electron chi connectivity index (χ2n) is 4.83. The fraction of sp³-hybridized carbons (Fsp3) is 0.538. The number of aromatic carboxylic acids is 1. The normalized spacial score (nSPS) is 19.2. The average molecular weight is 266 g/mol. The van der Waals surface area contributed by atoms with Gasteiger partial charge in [-0.25, -0.2) is 9.78 Å². The van der Waals surface area contributed by atoms with Crippen LogP contribution in [0.15, 0.2) is 12.1 Å². The number of anilines is 1. The molecule has 98 valence electrons. The number of thioether (sulfide) groups is 1. The number of carboxylic acid groups (broad SMARTS) is 1. The van der Waals surface area contributed by atoms with Crippen LogP contribution in [0.25, 0.3) is 0 Å². The highest BCUT2D eigenvalue weighted by atomic mass is 32.2. The minimum Gasteiger partial charge on any atom is -0.478 e. The molecule has 0 radical (unpaired) electrons. The highest BCUT2D eigenvalue weighted by Gasteiger charge is 2.17. The van der Waals surface area contributed by atoms with Crippen LogP contribution in [0.3, 0.4) is 0 Å². The molecular formula is C13H18N2O2S. The number of carbonyl (C=O) groups is 1. The molecule has 2 heterocycles. The van der Waals surface area contributed by atoms with Gasteiger partial charge in [0.1, 0.15) is 5.82 Å². The van der Waals surface area contributed by atoms with Crippen molar-refractivity contribution in [1.82, 2.24) is 4.98 Å². The first-order chi connectivity index (χ1) is 8.56. The molecule has 1 aliphatic rings. The molecule has 1 atom stereocenters. The molecule has 0 spiro atoms. The Labute approximate surface area is 111 Å². The largest absolute Gasteiger partial charge is 0.478 e. The summed E-state index contributed by atoms with van der Waals surface area (Å²) in [7, 11) is 0. The van der Waals surface area contributed by atoms with Gasteiger partial charge in [0, 0.05) is 17.5 Å². The van der Waals surface area contributed by atoms with Gasteiger partial charge in [0.25, 0.3) is 0 Å². The molecule has 4 nitrogen and oxygen atoms in total. The Hall–Kier alpha value is -1.23. The molecule has 0 aromatic carbocycles. The Morgan fingerprint density at radius 2 is 2.33 bits per heavy atom. The molecule has 0 amide bonds. The number of pyridine rings is 1. The zero-order valence-electron chi connectivity index (χ0n) is 10.6. The quantitative estimate of drug-likeness (QED) is 0.877. The standard InChI is InChI=1S/C13H18N2O2S/c1-8(2)11-5-9(13(16)17)6-12(15-11)14-10-3-4-18-7-10/h5-6,8,10H,3-4,7H2,1-2H3,(H,14,15)(H,16,17). The maximum Gasteiger partial charge on any atom is 0.335 e. The summed E-state index contributed by atoms with van der Waals surface area (Å²) in [6, 6.07) is 3.69. The van der Waals surface area contributed by atoms with E-state index in [2.05, 4.69) is 10.3 Å². The first kappa shape index (κ1) is 13.2. The molecule has 1 saturated heterocycles. The van der Waals surface area contributed by atoms with Crippen molar-refractivity contribution < 1.29 is 9.90 Å². The summed E-state index contributed by atoms with van der Waals surface area (Å²) in [5, 5.41) is 12.5. The Morgan fingerprint density at radius 3 is 2.89 bits per heavy atom. The summed E-state index contributed by atoms with van der Waals surface area (Å²) < 4.78 is 0. The molecule has 2 rings (SSSR count). The van der Waals surface area contributed by atoms with Crippen molar-refractivity contribution in [3.63, 3.8) is 0 Å². The minimum absolute atomic E-state index is 0.225. The number of hydrogen-bond donors (Lipinski definition) is 2. The van der Waals surface area contributed by atoms with Crippen molar-refractivity contribution >= 4 is 23.5 Å². The van der Waals surface area contributed by atoms with Gasteiger partial charge in [-0.15, -0.1) is 0 Å². The zero-order chi connectivity index (χ0) is 13.1. The molecule has 2 N–H and O–H groups in total. The molecule has 0 saturated carbocycles. The van der Waals surface area contributed by atoms with Crippen LogP contribution in [0.2, 0.25) is 0 Å². The SMILES string of the molecule is CC(C)c1cc(C(=O)O)cc(NC2CCSC2)n1. The van der Waals surface area contributed by atoms with Crippen LogP contribution in [0.5, 0.6) is 0 Å². The lowest BCUT2D eigenvalue weighted by Gasteiger charge is -2.15. The van der Waals surface area contributed by atoms with Crippen LogP contribution in [0, 0.1) is 0 Å². The van der Waals surface area contributed by atoms with Gasteiger partial charge in [0.2, 0.25) is 0 Å². The van der Waals surface area contributed by atoms with Crippen molar-refractivity contribution in [2.75, 3.05) is 16.8 Å². The molecule has 1 fully saturated rings. The van der Waals surface area contributed by atoms with Crippen LogP contribution >= 0.6 is 11.8 Å². The zero-order valence-corrected chi connectivity index (χ0v) is 11.5. The van der Waals surface area contributed by atoms with E-state index in [9.17, 15) is 4.79 Å². The fourth-order valence-electron chi connectivity index (χ4n) is 1.90. The van der Waals surface area contributed by atoms with Crippen LogP contribution in [-0.4, -0.2) is 33.6 Å². The third-order valence-electron chi connectivity index (χ3n) is 2.97. The maximum absolute atomic E-state index is 11.1. The number of hydrogen-bond acceptors (Lipinski definition) is 4. The average Bonchev–Trinajstić information content (AvgIpc) is 2.81. The summed E-state index contributed by atoms with van der Waals surface area (Å²) in [5.74, 6) is 2.24. The maximum atomic E-state index is 11.1. The van der Waals surface area contributed by atoms with Gasteiger partial charge in [-0.2, -0.15) is 11.8 Å². The lowest BCUT2D eigenvalue weighted by Crippen LogP contribution is -2.19. The van der Waals surface area contributed by atoms with Crippen molar-refractivity contribution in [3.8, 4) is 0 Å².